The molecule has 0 aliphatic carbocycles. The van der Waals surface area contributed by atoms with Crippen molar-refractivity contribution in [1.29, 1.82) is 0 Å². The molecule has 0 aliphatic rings. The molecule has 0 bridgehead atoms. The van der Waals surface area contributed by atoms with E-state index in [1.807, 2.05) is 14.4 Å². The van der Waals surface area contributed by atoms with Gasteiger partial charge >= 0.3 is 39.1 Å². The van der Waals surface area contributed by atoms with Crippen molar-refractivity contribution in [3.05, 3.63) is 58.1 Å². The number of unbranched alkanes of at least 4 members (excludes halogenated alkanes) is 3. The van der Waals surface area contributed by atoms with Gasteiger partial charge in [-0.15, -0.1) is 0 Å². The Labute approximate surface area is 242 Å². The second kappa shape index (κ2) is 20.2. The van der Waals surface area contributed by atoms with E-state index in [0.29, 0.717) is 0 Å². The predicted octanol–water partition coefficient (Wildman–Crippen LogP) is 11.6. The minimum absolute atomic E-state index is 0.880. The third kappa shape index (κ3) is 12.4. The van der Waals surface area contributed by atoms with Crippen molar-refractivity contribution in [3.8, 4) is 0 Å². The number of rotatable bonds is 15. The fourth-order valence-electron chi connectivity index (χ4n) is 4.59. The fourth-order valence-corrected chi connectivity index (χ4v) is 5.08. The Balaban J connectivity index is 0.00000132. The molecule has 38 heavy (non-hydrogen) atoms. The molecule has 0 spiro atoms. The summed E-state index contributed by atoms with van der Waals surface area (Å²) in [5, 5.41) is 2.56. The summed E-state index contributed by atoms with van der Waals surface area (Å²) in [6.45, 7) is 19.9. The predicted molar refractivity (Wildman–Crippen MR) is 169 cm³/mol. The van der Waals surface area contributed by atoms with Crippen LogP contribution in [0.1, 0.15) is 121 Å². The molecule has 0 saturated carbocycles. The second-order valence-electron chi connectivity index (χ2n) is 10.0. The van der Waals surface area contributed by atoms with Gasteiger partial charge in [0.05, 0.1) is 22.8 Å². The molecule has 2 rings (SSSR count). The van der Waals surface area contributed by atoms with Crippen LogP contribution in [0.5, 0.6) is 0 Å². The first-order valence-electron chi connectivity index (χ1n) is 15.1. The Morgan fingerprint density at radius 1 is 0.658 bits per heavy atom. The van der Waals surface area contributed by atoms with Gasteiger partial charge in [-0.05, 0) is 118 Å². The van der Waals surface area contributed by atoms with Gasteiger partial charge in [0.2, 0.25) is 0 Å². The van der Waals surface area contributed by atoms with E-state index < -0.39 is 0 Å². The third-order valence-corrected chi connectivity index (χ3v) is 7.88. The average Bonchev–Trinajstić information content (AvgIpc) is 2.90. The zero-order chi connectivity index (χ0) is 28.3. The molecule has 0 amide bonds. The molecule has 0 heterocycles. The van der Waals surface area contributed by atoms with Crippen LogP contribution in [0.25, 0.3) is 0 Å². The first kappa shape index (κ1) is 34.3. The van der Waals surface area contributed by atoms with E-state index in [0.717, 1.165) is 42.1 Å². The van der Waals surface area contributed by atoms with Crippen LogP contribution in [0.2, 0.25) is 10.8 Å². The molecule has 2 aromatic rings. The Kier molecular flexibility index (Phi) is 18.2. The van der Waals surface area contributed by atoms with Gasteiger partial charge in [-0.25, -0.2) is 0 Å². The Hall–Kier alpha value is -1.73. The summed E-state index contributed by atoms with van der Waals surface area (Å²) >= 11 is 1.82. The van der Waals surface area contributed by atoms with E-state index in [2.05, 4.69) is 92.6 Å². The summed E-state index contributed by atoms with van der Waals surface area (Å²) in [6.07, 6.45) is 11.7. The van der Waals surface area contributed by atoms with Gasteiger partial charge in [-0.1, -0.05) is 53.0 Å². The van der Waals surface area contributed by atoms with E-state index in [4.69, 9.17) is 9.98 Å². The van der Waals surface area contributed by atoms with Crippen molar-refractivity contribution in [1.82, 2.24) is 0 Å². The number of hydrogen-bond acceptors (Lipinski definition) is 2. The van der Waals surface area contributed by atoms with Crippen LogP contribution in [0.4, 0.5) is 11.4 Å². The van der Waals surface area contributed by atoms with E-state index in [1.54, 1.807) is 5.56 Å². The molecule has 0 aromatic heterocycles. The SMILES string of the molecule is CCCCc1cc(N=C(C)C(CC)=Nc2cc(C)c(CCCC)c(CCCC)c2)ccc1C.C[CH2][Ni][CH2]C. The molecular formula is C35H56N2Ni. The van der Waals surface area contributed by atoms with Gasteiger partial charge in [-0.2, -0.15) is 0 Å². The quantitative estimate of drug-likeness (QED) is 0.152. The number of aliphatic imine (C=N–C) groups is 2. The Bertz CT molecular complexity index is 1000. The summed E-state index contributed by atoms with van der Waals surface area (Å²) in [5.41, 5.74) is 11.4. The van der Waals surface area contributed by atoms with Crippen molar-refractivity contribution >= 4 is 22.8 Å². The molecule has 0 atom stereocenters. The van der Waals surface area contributed by atoms with Crippen molar-refractivity contribution in [2.24, 2.45) is 9.98 Å². The van der Waals surface area contributed by atoms with Crippen molar-refractivity contribution in [2.75, 3.05) is 0 Å². The van der Waals surface area contributed by atoms with E-state index in [9.17, 15) is 0 Å². The van der Waals surface area contributed by atoms with Crippen LogP contribution in [-0.4, -0.2) is 11.4 Å². The Morgan fingerprint density at radius 3 is 1.79 bits per heavy atom. The first-order valence-corrected chi connectivity index (χ1v) is 16.5. The zero-order valence-electron chi connectivity index (χ0n) is 26.1. The molecule has 0 N–H and O–H groups in total. The molecule has 2 nitrogen and oxygen atoms in total. The van der Waals surface area contributed by atoms with Gasteiger partial charge in [0, 0.05) is 0 Å². The van der Waals surface area contributed by atoms with Crippen LogP contribution in [-0.2, 0) is 33.7 Å². The maximum absolute atomic E-state index is 5.10. The molecule has 0 aliphatic heterocycles. The molecule has 3 heteroatoms. The molecule has 2 aromatic carbocycles. The zero-order valence-corrected chi connectivity index (χ0v) is 27.1. The summed E-state index contributed by atoms with van der Waals surface area (Å²) in [7, 11) is 0. The monoisotopic (exact) mass is 562 g/mol. The summed E-state index contributed by atoms with van der Waals surface area (Å²) in [5.74, 6) is 0. The Morgan fingerprint density at radius 2 is 1.24 bits per heavy atom. The van der Waals surface area contributed by atoms with E-state index in [-0.39, 0.29) is 0 Å². The van der Waals surface area contributed by atoms with Crippen molar-refractivity contribution in [2.45, 2.75) is 137 Å². The summed E-state index contributed by atoms with van der Waals surface area (Å²) in [4.78, 5) is 10.1. The molecule has 0 unspecified atom stereocenters. The normalized spacial score (nSPS) is 12.0. The third-order valence-electron chi connectivity index (χ3n) is 6.89. The number of hydrogen-bond donors (Lipinski definition) is 0. The van der Waals surface area contributed by atoms with E-state index >= 15 is 0 Å². The van der Waals surface area contributed by atoms with Crippen LogP contribution < -0.4 is 0 Å². The first-order chi connectivity index (χ1) is 18.3. The van der Waals surface area contributed by atoms with Crippen molar-refractivity contribution < 1.29 is 14.4 Å². The maximum atomic E-state index is 5.10. The summed E-state index contributed by atoms with van der Waals surface area (Å²) in [6, 6.07) is 11.2. The van der Waals surface area contributed by atoms with Crippen LogP contribution in [0, 0.1) is 13.8 Å². The average molecular weight is 564 g/mol. The molecular weight excluding hydrogens is 507 g/mol. The van der Waals surface area contributed by atoms with Gasteiger partial charge in [0.25, 0.3) is 0 Å². The van der Waals surface area contributed by atoms with Crippen LogP contribution in [0.15, 0.2) is 40.3 Å². The van der Waals surface area contributed by atoms with Gasteiger partial charge in [-0.3, -0.25) is 9.98 Å². The standard InChI is InChI=1S/C31H46N2.2C2H5.Ni/c1-8-12-15-26-21-28(19-18-23(26)5)32-25(7)31(11-4)33-29-20-24(6)30(17-14-10-3)27(22-29)16-13-9-2;2*1-2;/h18-22H,8-17H2,1-7H3;2*1H2,2H3;. The molecule has 0 saturated heterocycles. The van der Waals surface area contributed by atoms with Gasteiger partial charge in [0.15, 0.2) is 0 Å². The molecule has 0 fully saturated rings. The van der Waals surface area contributed by atoms with Gasteiger partial charge < -0.3 is 0 Å². The number of aryl methyl sites for hydroxylation is 4. The number of benzene rings is 2. The molecule has 0 radical (unpaired) electrons. The van der Waals surface area contributed by atoms with E-state index in [1.165, 1.54) is 78.0 Å². The van der Waals surface area contributed by atoms with Crippen LogP contribution >= 0.6 is 0 Å². The number of nitrogens with zero attached hydrogens (tertiary/aromatic N) is 2. The topological polar surface area (TPSA) is 24.7 Å². The van der Waals surface area contributed by atoms with Crippen LogP contribution in [0.3, 0.4) is 0 Å². The van der Waals surface area contributed by atoms with Crippen molar-refractivity contribution in [3.63, 3.8) is 0 Å². The minimum atomic E-state index is 0.880. The second-order valence-corrected chi connectivity index (χ2v) is 11.9. The molecule has 216 valence electrons. The fraction of sp³-hybridized carbons (Fsp3) is 0.600. The van der Waals surface area contributed by atoms with Gasteiger partial charge in [0.1, 0.15) is 0 Å². The summed E-state index contributed by atoms with van der Waals surface area (Å²) < 4.78 is 0.